The SMILES string of the molecule is COc1ccc2c(CC(=O)NC3CCC(Nc4cc(N(C)C)c5ccccc5n4)CC3)cc(=O)oc2c1. The molecule has 8 nitrogen and oxygen atoms in total. The molecule has 2 N–H and O–H groups in total. The average Bonchev–Trinajstić information content (AvgIpc) is 2.88. The van der Waals surface area contributed by atoms with Gasteiger partial charge in [-0.3, -0.25) is 4.79 Å². The Morgan fingerprint density at radius 2 is 1.78 bits per heavy atom. The summed E-state index contributed by atoms with van der Waals surface area (Å²) in [4.78, 5) is 31.8. The lowest BCUT2D eigenvalue weighted by molar-refractivity contribution is -0.121. The smallest absolute Gasteiger partial charge is 0.336 e. The number of methoxy groups -OCH3 is 1. The number of ether oxygens (including phenoxy) is 1. The number of hydrogen-bond acceptors (Lipinski definition) is 7. The highest BCUT2D eigenvalue weighted by Crippen LogP contribution is 2.29. The van der Waals surface area contributed by atoms with Crippen LogP contribution in [-0.2, 0) is 11.2 Å². The second kappa shape index (κ2) is 10.5. The lowest BCUT2D eigenvalue weighted by Gasteiger charge is -2.30. The third-order valence-electron chi connectivity index (χ3n) is 7.01. The number of para-hydroxylation sites is 1. The van der Waals surface area contributed by atoms with Crippen molar-refractivity contribution in [2.45, 2.75) is 44.2 Å². The Bertz CT molecular complexity index is 1490. The van der Waals surface area contributed by atoms with Gasteiger partial charge in [0.1, 0.15) is 17.2 Å². The zero-order valence-electron chi connectivity index (χ0n) is 21.4. The van der Waals surface area contributed by atoms with Crippen LogP contribution in [0.2, 0.25) is 0 Å². The Labute approximate surface area is 215 Å². The summed E-state index contributed by atoms with van der Waals surface area (Å²) in [6.07, 6.45) is 3.77. The van der Waals surface area contributed by atoms with E-state index in [0.29, 0.717) is 22.9 Å². The number of carbonyl (C=O) groups excluding carboxylic acids is 1. The summed E-state index contributed by atoms with van der Waals surface area (Å²) in [5, 5.41) is 8.64. The predicted molar refractivity (Wildman–Crippen MR) is 147 cm³/mol. The predicted octanol–water partition coefficient (Wildman–Crippen LogP) is 4.50. The van der Waals surface area contributed by atoms with Crippen molar-refractivity contribution in [1.82, 2.24) is 10.3 Å². The highest BCUT2D eigenvalue weighted by Gasteiger charge is 2.23. The van der Waals surface area contributed by atoms with Gasteiger partial charge in [0.2, 0.25) is 5.91 Å². The van der Waals surface area contributed by atoms with Gasteiger partial charge in [-0.25, -0.2) is 9.78 Å². The minimum Gasteiger partial charge on any atom is -0.497 e. The minimum absolute atomic E-state index is 0.0917. The molecule has 2 heterocycles. The number of hydrogen-bond donors (Lipinski definition) is 2. The number of amides is 1. The van der Waals surface area contributed by atoms with E-state index >= 15 is 0 Å². The van der Waals surface area contributed by atoms with Gasteiger partial charge >= 0.3 is 5.63 Å². The summed E-state index contributed by atoms with van der Waals surface area (Å²) in [5.41, 5.74) is 2.70. The van der Waals surface area contributed by atoms with E-state index < -0.39 is 5.63 Å². The molecule has 8 heteroatoms. The third-order valence-corrected chi connectivity index (χ3v) is 7.01. The van der Waals surface area contributed by atoms with Gasteiger partial charge in [0.05, 0.1) is 19.0 Å². The number of rotatable bonds is 7. The van der Waals surface area contributed by atoms with Crippen LogP contribution >= 0.6 is 0 Å². The average molecular weight is 501 g/mol. The molecule has 5 rings (SSSR count). The molecule has 192 valence electrons. The van der Waals surface area contributed by atoms with Crippen molar-refractivity contribution >= 4 is 39.3 Å². The Morgan fingerprint density at radius 1 is 1.03 bits per heavy atom. The second-order valence-electron chi connectivity index (χ2n) is 9.83. The van der Waals surface area contributed by atoms with Crippen LogP contribution in [-0.4, -0.2) is 44.2 Å². The monoisotopic (exact) mass is 500 g/mol. The fraction of sp³-hybridized carbons (Fsp3) is 0.345. The number of pyridine rings is 1. The number of nitrogens with zero attached hydrogens (tertiary/aromatic N) is 2. The molecule has 0 unspecified atom stereocenters. The molecule has 1 saturated carbocycles. The van der Waals surface area contributed by atoms with E-state index in [2.05, 4.69) is 27.7 Å². The summed E-state index contributed by atoms with van der Waals surface area (Å²) in [6, 6.07) is 17.4. The van der Waals surface area contributed by atoms with Crippen LogP contribution in [0.25, 0.3) is 21.9 Å². The molecule has 1 aliphatic rings. The molecule has 0 aliphatic heterocycles. The topological polar surface area (TPSA) is 96.7 Å². The molecular weight excluding hydrogens is 468 g/mol. The maximum absolute atomic E-state index is 12.9. The van der Waals surface area contributed by atoms with Crippen molar-refractivity contribution in [2.75, 3.05) is 31.4 Å². The Hall–Kier alpha value is -4.07. The maximum Gasteiger partial charge on any atom is 0.336 e. The van der Waals surface area contributed by atoms with Crippen molar-refractivity contribution in [1.29, 1.82) is 0 Å². The fourth-order valence-corrected chi connectivity index (χ4v) is 5.13. The molecule has 0 radical (unpaired) electrons. The zero-order chi connectivity index (χ0) is 25.9. The lowest BCUT2D eigenvalue weighted by atomic mass is 9.91. The molecule has 0 spiro atoms. The summed E-state index contributed by atoms with van der Waals surface area (Å²) < 4.78 is 10.5. The minimum atomic E-state index is -0.477. The first kappa shape index (κ1) is 24.6. The molecule has 2 aromatic heterocycles. The van der Waals surface area contributed by atoms with Crippen LogP contribution in [0.1, 0.15) is 31.2 Å². The number of anilines is 2. The fourth-order valence-electron chi connectivity index (χ4n) is 5.13. The molecule has 2 aromatic carbocycles. The maximum atomic E-state index is 12.9. The van der Waals surface area contributed by atoms with E-state index in [1.165, 1.54) is 6.07 Å². The van der Waals surface area contributed by atoms with Crippen LogP contribution in [0.3, 0.4) is 0 Å². The molecule has 1 amide bonds. The molecule has 1 fully saturated rings. The van der Waals surface area contributed by atoms with Gasteiger partial charge in [-0.1, -0.05) is 18.2 Å². The van der Waals surface area contributed by atoms with Crippen LogP contribution < -0.4 is 25.9 Å². The van der Waals surface area contributed by atoms with Crippen molar-refractivity contribution in [3.05, 3.63) is 70.6 Å². The highest BCUT2D eigenvalue weighted by atomic mass is 16.5. The van der Waals surface area contributed by atoms with Gasteiger partial charge in [0.15, 0.2) is 0 Å². The van der Waals surface area contributed by atoms with E-state index in [-0.39, 0.29) is 18.4 Å². The normalized spacial score (nSPS) is 17.5. The molecule has 0 saturated heterocycles. The molecule has 0 atom stereocenters. The molecular formula is C29H32N4O4. The molecule has 0 bridgehead atoms. The van der Waals surface area contributed by atoms with E-state index in [0.717, 1.165) is 53.5 Å². The summed E-state index contributed by atoms with van der Waals surface area (Å²) in [6.45, 7) is 0. The van der Waals surface area contributed by atoms with E-state index in [1.807, 2.05) is 38.4 Å². The van der Waals surface area contributed by atoms with Gasteiger partial charge < -0.3 is 24.7 Å². The van der Waals surface area contributed by atoms with Crippen LogP contribution in [0, 0.1) is 0 Å². The summed E-state index contributed by atoms with van der Waals surface area (Å²) in [5.74, 6) is 1.38. The highest BCUT2D eigenvalue weighted by molar-refractivity contribution is 5.93. The quantitative estimate of drug-likeness (QED) is 0.361. The summed E-state index contributed by atoms with van der Waals surface area (Å²) in [7, 11) is 5.64. The van der Waals surface area contributed by atoms with E-state index in [9.17, 15) is 9.59 Å². The van der Waals surface area contributed by atoms with Crippen LogP contribution in [0.4, 0.5) is 11.5 Å². The number of aromatic nitrogens is 1. The first-order valence-corrected chi connectivity index (χ1v) is 12.6. The molecule has 4 aromatic rings. The van der Waals surface area contributed by atoms with Gasteiger partial charge in [0.25, 0.3) is 0 Å². The van der Waals surface area contributed by atoms with Gasteiger partial charge in [-0.2, -0.15) is 0 Å². The second-order valence-corrected chi connectivity index (χ2v) is 9.83. The zero-order valence-corrected chi connectivity index (χ0v) is 21.4. The number of nitrogens with one attached hydrogen (secondary N) is 2. The van der Waals surface area contributed by atoms with Crippen LogP contribution in [0.15, 0.2) is 63.8 Å². The lowest BCUT2D eigenvalue weighted by Crippen LogP contribution is -2.40. The van der Waals surface area contributed by atoms with Gasteiger partial charge in [0, 0.05) is 60.8 Å². The summed E-state index contributed by atoms with van der Waals surface area (Å²) >= 11 is 0. The van der Waals surface area contributed by atoms with Crippen molar-refractivity contribution in [3.63, 3.8) is 0 Å². The van der Waals surface area contributed by atoms with Crippen molar-refractivity contribution in [2.24, 2.45) is 0 Å². The van der Waals surface area contributed by atoms with Crippen molar-refractivity contribution in [3.8, 4) is 5.75 Å². The molecule has 37 heavy (non-hydrogen) atoms. The standard InChI is InChI=1S/C29H32N4O4/c1-33(2)25-17-27(32-24-7-5-4-6-23(24)25)30-19-8-10-20(11-9-19)31-28(34)14-18-15-29(35)37-26-16-21(36-3)12-13-22(18)26/h4-7,12-13,15-17,19-20H,8-11,14H2,1-3H3,(H,30,32)(H,31,34). The van der Waals surface area contributed by atoms with Gasteiger partial charge in [-0.15, -0.1) is 0 Å². The Kier molecular flexibility index (Phi) is 6.99. The number of fused-ring (bicyclic) bond motifs is 2. The van der Waals surface area contributed by atoms with Crippen LogP contribution in [0.5, 0.6) is 5.75 Å². The Balaban J connectivity index is 1.20. The first-order chi connectivity index (χ1) is 17.9. The van der Waals surface area contributed by atoms with Crippen molar-refractivity contribution < 1.29 is 13.9 Å². The largest absolute Gasteiger partial charge is 0.497 e. The first-order valence-electron chi connectivity index (χ1n) is 12.6. The molecule has 1 aliphatic carbocycles. The van der Waals surface area contributed by atoms with E-state index in [4.69, 9.17) is 14.1 Å². The van der Waals surface area contributed by atoms with E-state index in [1.54, 1.807) is 19.2 Å². The Morgan fingerprint density at radius 3 is 2.54 bits per heavy atom. The third kappa shape index (κ3) is 5.53. The number of carbonyl (C=O) groups is 1. The number of benzene rings is 2. The van der Waals surface area contributed by atoms with Gasteiger partial charge in [-0.05, 0) is 49.4 Å².